The molecule has 0 aliphatic carbocycles. The van der Waals surface area contributed by atoms with Gasteiger partial charge in [-0.2, -0.15) is 0 Å². The van der Waals surface area contributed by atoms with Crippen molar-refractivity contribution in [1.82, 2.24) is 0 Å². The predicted molar refractivity (Wildman–Crippen MR) is 249 cm³/mol. The van der Waals surface area contributed by atoms with Crippen LogP contribution in [0.15, 0.2) is 132 Å². The zero-order valence-corrected chi connectivity index (χ0v) is 39.1. The van der Waals surface area contributed by atoms with Crippen molar-refractivity contribution in [1.29, 1.82) is 0 Å². The van der Waals surface area contributed by atoms with Gasteiger partial charge in [0.05, 0.1) is 64.0 Å². The minimum atomic E-state index is -1.50. The molecule has 0 radical (unpaired) electrons. The molecule has 3 saturated heterocycles. The molecule has 4 aromatic rings. The lowest BCUT2D eigenvalue weighted by Crippen LogP contribution is -2.67. The van der Waals surface area contributed by atoms with Crippen molar-refractivity contribution >= 4 is 5.97 Å². The maximum absolute atomic E-state index is 14.2. The van der Waals surface area contributed by atoms with E-state index in [9.17, 15) is 15.9 Å². The summed E-state index contributed by atoms with van der Waals surface area (Å²) in [7, 11) is 1.25. The summed E-state index contributed by atoms with van der Waals surface area (Å²) in [5, 5.41) is 8.36. The minimum absolute atomic E-state index is 0.0648. The molecule has 3 heterocycles. The van der Waals surface area contributed by atoms with E-state index < -0.39 is 85.6 Å². The molecule has 4 aromatic carbocycles. The summed E-state index contributed by atoms with van der Waals surface area (Å²) in [4.78, 5) is 20.6. The first-order chi connectivity index (χ1) is 33.3. The Kier molecular flexibility index (Phi) is 18.8. The van der Waals surface area contributed by atoms with Crippen LogP contribution in [0.5, 0.6) is 0 Å². The van der Waals surface area contributed by atoms with Crippen LogP contribution >= 0.6 is 0 Å². The predicted octanol–water partition coefficient (Wildman–Crippen LogP) is 9.32. The molecule has 0 aromatic heterocycles. The Labute approximate surface area is 397 Å². The van der Waals surface area contributed by atoms with E-state index in [0.717, 1.165) is 22.3 Å². The normalized spacial score (nSPS) is 31.5. The maximum Gasteiger partial charge on any atom is 0.337 e. The molecule has 0 spiro atoms. The lowest BCUT2D eigenvalue weighted by atomic mass is 9.85. The van der Waals surface area contributed by atoms with Gasteiger partial charge in [0.1, 0.15) is 36.6 Å². The van der Waals surface area contributed by atoms with Crippen molar-refractivity contribution in [2.45, 2.75) is 153 Å². The van der Waals surface area contributed by atoms with Crippen molar-refractivity contribution < 1.29 is 52.2 Å². The van der Waals surface area contributed by atoms with Crippen molar-refractivity contribution in [2.75, 3.05) is 7.11 Å². The number of rotatable bonds is 21. The van der Waals surface area contributed by atoms with Gasteiger partial charge in [-0.25, -0.2) is 4.79 Å². The van der Waals surface area contributed by atoms with Gasteiger partial charge in [0.2, 0.25) is 0 Å². The van der Waals surface area contributed by atoms with Crippen LogP contribution in [0.4, 0.5) is 0 Å². The summed E-state index contributed by atoms with van der Waals surface area (Å²) >= 11 is 0. The highest BCUT2D eigenvalue weighted by Crippen LogP contribution is 2.40. The van der Waals surface area contributed by atoms with Gasteiger partial charge in [-0.3, -0.25) is 0 Å². The first-order valence-corrected chi connectivity index (χ1v) is 23.3. The second kappa shape index (κ2) is 25.3. The zero-order valence-electron chi connectivity index (χ0n) is 39.1. The van der Waals surface area contributed by atoms with Crippen molar-refractivity contribution in [3.05, 3.63) is 164 Å². The first-order valence-electron chi connectivity index (χ1n) is 23.3. The van der Waals surface area contributed by atoms with Gasteiger partial charge in [-0.1, -0.05) is 152 Å². The van der Waals surface area contributed by atoms with Crippen LogP contribution < -0.4 is 0 Å². The molecule has 0 bridgehead atoms. The van der Waals surface area contributed by atoms with Crippen LogP contribution in [0.1, 0.15) is 62.8 Å². The average Bonchev–Trinajstić information content (AvgIpc) is 3.38. The summed E-state index contributed by atoms with van der Waals surface area (Å²) in [6, 6.07) is 36.8. The minimum Gasteiger partial charge on any atom is -0.467 e. The molecular weight excluding hydrogens is 873 g/mol. The van der Waals surface area contributed by atoms with Crippen LogP contribution in [0.25, 0.3) is 20.9 Å². The third-order valence-electron chi connectivity index (χ3n) is 12.7. The number of hydrogen-bond donors (Lipinski definition) is 0. The SMILES string of the molecule is CCC1O[C@@H](C)C(N=[N+]=[N-])[C@@H](C)[C@H]1O[C@@H]1OC(C(=O)OC)[C@H](O[C@@H]2OC(CC)[C@H](OCc3ccccc3)[C@H](OCc3ccccc3)C2N=[N+]=[N-])[C@H](OCc2ccccc2)C1OCc1ccccc1. The number of azide groups is 2. The molecule has 3 aliphatic rings. The number of methoxy groups -OCH3 is 1. The number of hydrogen-bond acceptors (Lipinski definition) is 13. The van der Waals surface area contributed by atoms with Crippen LogP contribution in [0.3, 0.4) is 0 Å². The number of nitrogens with zero attached hydrogens (tertiary/aromatic N) is 6. The molecule has 3 fully saturated rings. The van der Waals surface area contributed by atoms with E-state index in [1.54, 1.807) is 0 Å². The van der Waals surface area contributed by atoms with Crippen molar-refractivity contribution in [2.24, 2.45) is 16.1 Å². The second-order valence-corrected chi connectivity index (χ2v) is 17.2. The lowest BCUT2D eigenvalue weighted by Gasteiger charge is -2.50. The molecule has 0 amide bonds. The van der Waals surface area contributed by atoms with E-state index in [1.807, 2.05) is 149 Å². The molecule has 362 valence electrons. The monoisotopic (exact) mass is 934 g/mol. The third kappa shape index (κ3) is 12.6. The quantitative estimate of drug-likeness (QED) is 0.0333. The Balaban J connectivity index is 1.29. The van der Waals surface area contributed by atoms with Gasteiger partial charge in [0.15, 0.2) is 18.7 Å². The smallest absolute Gasteiger partial charge is 0.337 e. The van der Waals surface area contributed by atoms with E-state index in [4.69, 9.17) is 47.4 Å². The first kappa shape index (κ1) is 50.5. The summed E-state index contributed by atoms with van der Waals surface area (Å²) in [5.74, 6) is -1.13. The molecule has 0 N–H and O–H groups in total. The fourth-order valence-corrected chi connectivity index (χ4v) is 9.22. The van der Waals surface area contributed by atoms with E-state index in [2.05, 4.69) is 20.1 Å². The largest absolute Gasteiger partial charge is 0.467 e. The van der Waals surface area contributed by atoms with Crippen LogP contribution in [0, 0.1) is 5.92 Å². The summed E-state index contributed by atoms with van der Waals surface area (Å²) in [5.41, 5.74) is 23.2. The van der Waals surface area contributed by atoms with Crippen molar-refractivity contribution in [3.8, 4) is 0 Å². The highest BCUT2D eigenvalue weighted by atomic mass is 16.8. The standard InChI is InChI=1S/C51H62N6O11/c1-6-38-42(32(3)40(54-56-52)33(4)64-38)66-51-48(63-31-37-26-18-11-19-27-37)45(62-30-36-24-16-10-17-25-36)46(47(68-51)49(58)59-5)67-50-41(55-57-53)44(61-29-35-22-14-9-15-23-35)43(39(7-2)65-50)60-28-34-20-12-8-13-21-34/h8-27,32-33,38-48,50-51H,6-7,28-31H2,1-5H3/t32-,33+,38?,39?,40?,41?,42-,43+,44-,45+,46-,47?,48?,50+,51-/m1/s1. The Morgan fingerprint density at radius 2 is 0.956 bits per heavy atom. The number of benzene rings is 4. The molecule has 6 unspecified atom stereocenters. The molecule has 68 heavy (non-hydrogen) atoms. The van der Waals surface area contributed by atoms with E-state index in [0.29, 0.717) is 12.8 Å². The van der Waals surface area contributed by atoms with Gasteiger partial charge >= 0.3 is 5.97 Å². The molecule has 7 rings (SSSR count). The summed E-state index contributed by atoms with van der Waals surface area (Å²) in [6.07, 6.45) is -10.4. The molecule has 3 aliphatic heterocycles. The molecule has 17 nitrogen and oxygen atoms in total. The number of carbonyl (C=O) groups excluding carboxylic acids is 1. The van der Waals surface area contributed by atoms with Gasteiger partial charge < -0.3 is 47.4 Å². The van der Waals surface area contributed by atoms with E-state index >= 15 is 0 Å². The Morgan fingerprint density at radius 3 is 1.43 bits per heavy atom. The van der Waals surface area contributed by atoms with E-state index in [1.165, 1.54) is 7.11 Å². The summed E-state index contributed by atoms with van der Waals surface area (Å²) < 4.78 is 66.3. The van der Waals surface area contributed by atoms with Crippen LogP contribution in [-0.4, -0.2) is 98.8 Å². The fourth-order valence-electron chi connectivity index (χ4n) is 9.22. The summed E-state index contributed by atoms with van der Waals surface area (Å²) in [6.45, 7) is 8.30. The molecule has 17 heteroatoms. The molecular formula is C51H62N6O11. The number of ether oxygens (including phenoxy) is 10. The van der Waals surface area contributed by atoms with Crippen LogP contribution in [0.2, 0.25) is 0 Å². The topological polar surface area (TPSA) is 207 Å². The van der Waals surface area contributed by atoms with Crippen molar-refractivity contribution in [3.63, 3.8) is 0 Å². The highest BCUT2D eigenvalue weighted by Gasteiger charge is 2.57. The second-order valence-electron chi connectivity index (χ2n) is 17.2. The van der Waals surface area contributed by atoms with Gasteiger partial charge in [-0.15, -0.1) is 0 Å². The Hall–Kier alpha value is -5.39. The van der Waals surface area contributed by atoms with E-state index in [-0.39, 0.29) is 38.4 Å². The molecule has 0 saturated carbocycles. The number of esters is 1. The number of carbonyl (C=O) groups is 1. The average molecular weight is 935 g/mol. The molecule has 15 atom stereocenters. The van der Waals surface area contributed by atoms with Crippen LogP contribution in [-0.2, 0) is 78.6 Å². The van der Waals surface area contributed by atoms with Gasteiger partial charge in [0, 0.05) is 9.82 Å². The Bertz CT molecular complexity index is 2240. The maximum atomic E-state index is 14.2. The van der Waals surface area contributed by atoms with Gasteiger partial charge in [-0.05, 0) is 59.0 Å². The van der Waals surface area contributed by atoms with Gasteiger partial charge in [0.25, 0.3) is 0 Å². The highest BCUT2D eigenvalue weighted by molar-refractivity contribution is 5.75. The lowest BCUT2D eigenvalue weighted by molar-refractivity contribution is -0.364. The zero-order chi connectivity index (χ0) is 47.8. The fraction of sp³-hybridized carbons (Fsp3) is 0.510. The Morgan fingerprint density at radius 1 is 0.529 bits per heavy atom. The third-order valence-corrected chi connectivity index (χ3v) is 12.7.